The van der Waals surface area contributed by atoms with E-state index in [-0.39, 0.29) is 5.91 Å². The fraction of sp³-hybridized carbons (Fsp3) is 0.115. The summed E-state index contributed by atoms with van der Waals surface area (Å²) < 4.78 is 5.20. The summed E-state index contributed by atoms with van der Waals surface area (Å²) in [5, 5.41) is 5.29. The molecular formula is C26H24N2O2. The van der Waals surface area contributed by atoms with Crippen molar-refractivity contribution in [2.24, 2.45) is 5.73 Å². The number of ether oxygens (including phenoxy) is 1. The monoisotopic (exact) mass is 396 g/mol. The van der Waals surface area contributed by atoms with Crippen LogP contribution in [-0.4, -0.2) is 13.0 Å². The molecule has 0 radical (unpaired) electrons. The molecule has 0 fully saturated rings. The normalized spacial score (nSPS) is 10.7. The number of benzene rings is 4. The number of rotatable bonds is 6. The van der Waals surface area contributed by atoms with Gasteiger partial charge in [-0.25, -0.2) is 0 Å². The Hall–Kier alpha value is -3.63. The molecule has 3 N–H and O–H groups in total. The fourth-order valence-electron chi connectivity index (χ4n) is 3.56. The second-order valence-corrected chi connectivity index (χ2v) is 7.17. The zero-order chi connectivity index (χ0) is 20.9. The maximum atomic E-state index is 12.6. The molecule has 0 saturated carbocycles. The lowest BCUT2D eigenvalue weighted by atomic mass is 10.0. The maximum Gasteiger partial charge on any atom is 0.251 e. The van der Waals surface area contributed by atoms with E-state index in [4.69, 9.17) is 10.5 Å². The highest BCUT2D eigenvalue weighted by Gasteiger charge is 2.08. The van der Waals surface area contributed by atoms with E-state index in [1.807, 2.05) is 66.7 Å². The number of carbonyl (C=O) groups is 1. The molecule has 0 bridgehead atoms. The van der Waals surface area contributed by atoms with Gasteiger partial charge in [-0.1, -0.05) is 54.6 Å². The van der Waals surface area contributed by atoms with Gasteiger partial charge in [0.2, 0.25) is 0 Å². The molecule has 0 saturated heterocycles. The summed E-state index contributed by atoms with van der Waals surface area (Å²) in [6.45, 7) is 0.988. The largest absolute Gasteiger partial charge is 0.497 e. The Labute approximate surface area is 176 Å². The van der Waals surface area contributed by atoms with Gasteiger partial charge in [0.1, 0.15) is 5.75 Å². The van der Waals surface area contributed by atoms with Crippen LogP contribution < -0.4 is 15.8 Å². The average Bonchev–Trinajstić information content (AvgIpc) is 2.82. The fourth-order valence-corrected chi connectivity index (χ4v) is 3.56. The smallest absolute Gasteiger partial charge is 0.251 e. The van der Waals surface area contributed by atoms with Gasteiger partial charge < -0.3 is 15.8 Å². The van der Waals surface area contributed by atoms with E-state index in [0.717, 1.165) is 38.8 Å². The molecule has 30 heavy (non-hydrogen) atoms. The van der Waals surface area contributed by atoms with Crippen LogP contribution in [0.5, 0.6) is 5.75 Å². The van der Waals surface area contributed by atoms with Crippen molar-refractivity contribution in [3.8, 4) is 16.9 Å². The van der Waals surface area contributed by atoms with Gasteiger partial charge in [-0.15, -0.1) is 0 Å². The lowest BCUT2D eigenvalue weighted by Gasteiger charge is -2.10. The summed E-state index contributed by atoms with van der Waals surface area (Å²) in [6, 6.07) is 27.8. The Balaban J connectivity index is 1.46. The van der Waals surface area contributed by atoms with Crippen molar-refractivity contribution in [2.75, 3.05) is 7.11 Å². The topological polar surface area (TPSA) is 64.3 Å². The van der Waals surface area contributed by atoms with Crippen LogP contribution in [0.1, 0.15) is 21.5 Å². The van der Waals surface area contributed by atoms with Crippen LogP contribution in [0, 0.1) is 0 Å². The first-order valence-electron chi connectivity index (χ1n) is 9.91. The van der Waals surface area contributed by atoms with Crippen LogP contribution >= 0.6 is 0 Å². The van der Waals surface area contributed by atoms with Crippen molar-refractivity contribution in [1.82, 2.24) is 5.32 Å². The molecule has 4 rings (SSSR count). The van der Waals surface area contributed by atoms with Crippen molar-refractivity contribution in [1.29, 1.82) is 0 Å². The van der Waals surface area contributed by atoms with Gasteiger partial charge in [-0.2, -0.15) is 0 Å². The first-order chi connectivity index (χ1) is 14.7. The first kappa shape index (κ1) is 19.7. The van der Waals surface area contributed by atoms with Crippen molar-refractivity contribution in [2.45, 2.75) is 13.1 Å². The number of nitrogens with one attached hydrogen (secondary N) is 1. The number of methoxy groups -OCH3 is 1. The van der Waals surface area contributed by atoms with Gasteiger partial charge >= 0.3 is 0 Å². The Morgan fingerprint density at radius 2 is 1.60 bits per heavy atom. The molecule has 0 atom stereocenters. The van der Waals surface area contributed by atoms with Crippen molar-refractivity contribution in [3.05, 3.63) is 102 Å². The second-order valence-electron chi connectivity index (χ2n) is 7.17. The van der Waals surface area contributed by atoms with E-state index in [1.165, 1.54) is 0 Å². The maximum absolute atomic E-state index is 12.6. The minimum atomic E-state index is -0.0909. The summed E-state index contributed by atoms with van der Waals surface area (Å²) in [7, 11) is 1.65. The van der Waals surface area contributed by atoms with Crippen LogP contribution in [0.15, 0.2) is 84.9 Å². The minimum Gasteiger partial charge on any atom is -0.497 e. The molecule has 4 nitrogen and oxygen atoms in total. The van der Waals surface area contributed by atoms with Crippen molar-refractivity contribution >= 4 is 16.7 Å². The SMILES string of the molecule is COc1ccc(-c2ccc(C(=O)NCc3cccc4cc(CN)ccc34)cc2)cc1. The van der Waals surface area contributed by atoms with Gasteiger partial charge in [0.25, 0.3) is 5.91 Å². The average molecular weight is 396 g/mol. The molecule has 0 unspecified atom stereocenters. The number of hydrogen-bond acceptors (Lipinski definition) is 3. The number of hydrogen-bond donors (Lipinski definition) is 2. The van der Waals surface area contributed by atoms with E-state index in [1.54, 1.807) is 7.11 Å². The third kappa shape index (κ3) is 4.19. The molecule has 150 valence electrons. The summed E-state index contributed by atoms with van der Waals surface area (Å²) in [5.41, 5.74) is 10.7. The predicted molar refractivity (Wildman–Crippen MR) is 121 cm³/mol. The second kappa shape index (κ2) is 8.80. The number of carbonyl (C=O) groups excluding carboxylic acids is 1. The first-order valence-corrected chi connectivity index (χ1v) is 9.91. The van der Waals surface area contributed by atoms with E-state index in [9.17, 15) is 4.79 Å². The van der Waals surface area contributed by atoms with Crippen LogP contribution in [0.4, 0.5) is 0 Å². The van der Waals surface area contributed by atoms with E-state index >= 15 is 0 Å². The highest BCUT2D eigenvalue weighted by molar-refractivity contribution is 5.95. The summed E-state index contributed by atoms with van der Waals surface area (Å²) in [6.07, 6.45) is 0. The Morgan fingerprint density at radius 3 is 2.27 bits per heavy atom. The van der Waals surface area contributed by atoms with E-state index in [0.29, 0.717) is 18.7 Å². The lowest BCUT2D eigenvalue weighted by molar-refractivity contribution is 0.0951. The van der Waals surface area contributed by atoms with Gasteiger partial charge in [0, 0.05) is 18.7 Å². The Bertz CT molecular complexity index is 1170. The van der Waals surface area contributed by atoms with Crippen LogP contribution in [0.25, 0.3) is 21.9 Å². The zero-order valence-corrected chi connectivity index (χ0v) is 16.9. The van der Waals surface area contributed by atoms with Gasteiger partial charge in [0.15, 0.2) is 0 Å². The quantitative estimate of drug-likeness (QED) is 0.487. The molecule has 4 aromatic rings. The van der Waals surface area contributed by atoms with E-state index in [2.05, 4.69) is 23.5 Å². The molecule has 1 amide bonds. The highest BCUT2D eigenvalue weighted by Crippen LogP contribution is 2.23. The Morgan fingerprint density at radius 1 is 0.900 bits per heavy atom. The lowest BCUT2D eigenvalue weighted by Crippen LogP contribution is -2.22. The summed E-state index contributed by atoms with van der Waals surface area (Å²) in [5.74, 6) is 0.731. The van der Waals surface area contributed by atoms with Crippen molar-refractivity contribution < 1.29 is 9.53 Å². The van der Waals surface area contributed by atoms with E-state index < -0.39 is 0 Å². The van der Waals surface area contributed by atoms with Crippen molar-refractivity contribution in [3.63, 3.8) is 0 Å². The summed E-state index contributed by atoms with van der Waals surface area (Å²) in [4.78, 5) is 12.6. The number of fused-ring (bicyclic) bond motifs is 1. The predicted octanol–water partition coefficient (Wildman–Crippen LogP) is 4.90. The zero-order valence-electron chi connectivity index (χ0n) is 16.9. The number of amides is 1. The highest BCUT2D eigenvalue weighted by atomic mass is 16.5. The molecule has 0 aromatic heterocycles. The number of nitrogens with two attached hydrogens (primary N) is 1. The molecular weight excluding hydrogens is 372 g/mol. The molecule has 4 heteroatoms. The summed E-state index contributed by atoms with van der Waals surface area (Å²) >= 11 is 0. The van der Waals surface area contributed by atoms with Gasteiger partial charge in [-0.05, 0) is 63.4 Å². The molecule has 0 heterocycles. The van der Waals surface area contributed by atoms with Crippen LogP contribution in [0.3, 0.4) is 0 Å². The molecule has 4 aromatic carbocycles. The molecule has 0 spiro atoms. The van der Waals surface area contributed by atoms with Gasteiger partial charge in [0.05, 0.1) is 7.11 Å². The van der Waals surface area contributed by atoms with Crippen LogP contribution in [-0.2, 0) is 13.1 Å². The standard InChI is InChI=1S/C26H24N2O2/c1-30-24-12-10-20(11-13-24)19-6-8-21(9-7-19)26(29)28-17-23-4-2-3-22-15-18(16-27)5-14-25(22)23/h2-15H,16-17,27H2,1H3,(H,28,29). The third-order valence-corrected chi connectivity index (χ3v) is 5.28. The molecule has 0 aliphatic carbocycles. The Kier molecular flexibility index (Phi) is 5.77. The third-order valence-electron chi connectivity index (χ3n) is 5.28. The van der Waals surface area contributed by atoms with Gasteiger partial charge in [-0.3, -0.25) is 4.79 Å². The van der Waals surface area contributed by atoms with Crippen LogP contribution in [0.2, 0.25) is 0 Å². The molecule has 0 aliphatic heterocycles. The minimum absolute atomic E-state index is 0.0909. The molecule has 0 aliphatic rings.